The average Bonchev–Trinajstić information content (AvgIpc) is 2.60. The first-order valence-corrected chi connectivity index (χ1v) is 9.08. The first-order chi connectivity index (χ1) is 12.0. The lowest BCUT2D eigenvalue weighted by atomic mass is 10.1. The van der Waals surface area contributed by atoms with Gasteiger partial charge in [0.05, 0.1) is 23.3 Å². The predicted molar refractivity (Wildman–Crippen MR) is 102 cm³/mol. The van der Waals surface area contributed by atoms with Crippen LogP contribution in [0.15, 0.2) is 40.9 Å². The number of anilines is 1. The van der Waals surface area contributed by atoms with Gasteiger partial charge in [-0.3, -0.25) is 4.79 Å². The van der Waals surface area contributed by atoms with Crippen LogP contribution in [-0.4, -0.2) is 25.7 Å². The first-order valence-electron chi connectivity index (χ1n) is 7.91. The van der Waals surface area contributed by atoms with Crippen LogP contribution in [0.25, 0.3) is 0 Å². The molecule has 25 heavy (non-hydrogen) atoms. The van der Waals surface area contributed by atoms with E-state index in [9.17, 15) is 4.79 Å². The number of carbonyl (C=O) groups excluding carboxylic acids is 1. The fraction of sp³-hybridized carbons (Fsp3) is 0.278. The highest BCUT2D eigenvalue weighted by Crippen LogP contribution is 2.37. The highest BCUT2D eigenvalue weighted by atomic mass is 79.9. The molecule has 1 heterocycles. The second-order valence-electron chi connectivity index (χ2n) is 5.67. The lowest BCUT2D eigenvalue weighted by molar-refractivity contribution is -0.120. The van der Waals surface area contributed by atoms with Crippen molar-refractivity contribution in [3.63, 3.8) is 0 Å². The summed E-state index contributed by atoms with van der Waals surface area (Å²) < 4.78 is 12.0. The van der Waals surface area contributed by atoms with Gasteiger partial charge in [0.15, 0.2) is 11.5 Å². The molecule has 1 unspecified atom stereocenters. The molecule has 1 aliphatic rings. The number of hydrogen-bond donors (Lipinski definition) is 2. The second-order valence-corrected chi connectivity index (χ2v) is 6.99. The van der Waals surface area contributed by atoms with Crippen molar-refractivity contribution >= 4 is 39.1 Å². The van der Waals surface area contributed by atoms with Crippen molar-refractivity contribution in [2.45, 2.75) is 13.0 Å². The van der Waals surface area contributed by atoms with Gasteiger partial charge in [-0.2, -0.15) is 0 Å². The van der Waals surface area contributed by atoms with Crippen molar-refractivity contribution in [3.8, 4) is 11.5 Å². The van der Waals surface area contributed by atoms with Gasteiger partial charge >= 0.3 is 0 Å². The van der Waals surface area contributed by atoms with E-state index < -0.39 is 0 Å². The molecular formula is C18H18BrClN2O3. The topological polar surface area (TPSA) is 59.6 Å². The van der Waals surface area contributed by atoms with E-state index >= 15 is 0 Å². The van der Waals surface area contributed by atoms with Crippen LogP contribution in [0.5, 0.6) is 11.5 Å². The Balaban J connectivity index is 1.58. The van der Waals surface area contributed by atoms with Gasteiger partial charge in [-0.05, 0) is 24.6 Å². The Bertz CT molecular complexity index is 768. The van der Waals surface area contributed by atoms with E-state index in [2.05, 4.69) is 26.6 Å². The third-order valence-corrected chi connectivity index (χ3v) is 4.66. The summed E-state index contributed by atoms with van der Waals surface area (Å²) in [5.74, 6) is 1.12. The van der Waals surface area contributed by atoms with Gasteiger partial charge in [0.2, 0.25) is 5.91 Å². The van der Waals surface area contributed by atoms with Crippen molar-refractivity contribution < 1.29 is 14.3 Å². The number of amides is 1. The zero-order chi connectivity index (χ0) is 17.8. The molecule has 0 aliphatic carbocycles. The Morgan fingerprint density at radius 3 is 2.52 bits per heavy atom. The van der Waals surface area contributed by atoms with Crippen molar-refractivity contribution in [2.75, 3.05) is 25.1 Å². The maximum Gasteiger partial charge on any atom is 0.239 e. The molecule has 0 radical (unpaired) electrons. The number of hydrogen-bond acceptors (Lipinski definition) is 4. The molecule has 0 spiro atoms. The molecule has 0 bridgehead atoms. The second kappa shape index (κ2) is 7.97. The lowest BCUT2D eigenvalue weighted by Gasteiger charge is -2.20. The zero-order valence-corrected chi connectivity index (χ0v) is 16.0. The Morgan fingerprint density at radius 2 is 1.84 bits per heavy atom. The monoisotopic (exact) mass is 424 g/mol. The fourth-order valence-corrected chi connectivity index (χ4v) is 2.99. The lowest BCUT2D eigenvalue weighted by Crippen LogP contribution is -2.32. The van der Waals surface area contributed by atoms with Crippen LogP contribution < -0.4 is 20.1 Å². The maximum absolute atomic E-state index is 12.2. The SMILES string of the molecule is CC(NC(=O)CNc1cc2c(cc1Cl)OCCO2)c1ccc(Br)cc1. The highest BCUT2D eigenvalue weighted by molar-refractivity contribution is 9.10. The molecule has 1 amide bonds. The summed E-state index contributed by atoms with van der Waals surface area (Å²) in [7, 11) is 0. The van der Waals surface area contributed by atoms with Gasteiger partial charge in [0.25, 0.3) is 0 Å². The van der Waals surface area contributed by atoms with Gasteiger partial charge in [-0.1, -0.05) is 39.7 Å². The molecule has 0 fully saturated rings. The molecule has 0 saturated carbocycles. The van der Waals surface area contributed by atoms with E-state index in [-0.39, 0.29) is 18.5 Å². The van der Waals surface area contributed by atoms with Gasteiger partial charge < -0.3 is 20.1 Å². The van der Waals surface area contributed by atoms with Crippen LogP contribution in [0, 0.1) is 0 Å². The standard InChI is InChI=1S/C18H18BrClN2O3/c1-11(12-2-4-13(19)5-3-12)22-18(23)10-21-15-9-17-16(8-14(15)20)24-6-7-25-17/h2-5,8-9,11,21H,6-7,10H2,1H3,(H,22,23). The third kappa shape index (κ3) is 4.58. The van der Waals surface area contributed by atoms with E-state index in [4.69, 9.17) is 21.1 Å². The number of carbonyl (C=O) groups is 1. The molecule has 132 valence electrons. The summed E-state index contributed by atoms with van der Waals surface area (Å²) in [6.07, 6.45) is 0. The molecule has 1 atom stereocenters. The molecule has 5 nitrogen and oxygen atoms in total. The molecular weight excluding hydrogens is 408 g/mol. The van der Waals surface area contributed by atoms with Gasteiger partial charge in [0, 0.05) is 16.6 Å². The minimum absolute atomic E-state index is 0.0851. The maximum atomic E-state index is 12.2. The Labute approximate surface area is 159 Å². The minimum atomic E-state index is -0.124. The fourth-order valence-electron chi connectivity index (χ4n) is 2.50. The molecule has 2 aromatic rings. The number of nitrogens with one attached hydrogen (secondary N) is 2. The summed E-state index contributed by atoms with van der Waals surface area (Å²) in [4.78, 5) is 12.2. The quantitative estimate of drug-likeness (QED) is 0.755. The Morgan fingerprint density at radius 1 is 1.20 bits per heavy atom. The van der Waals surface area contributed by atoms with Crippen molar-refractivity contribution in [2.24, 2.45) is 0 Å². The smallest absolute Gasteiger partial charge is 0.239 e. The predicted octanol–water partition coefficient (Wildman–Crippen LogP) is 4.16. The number of rotatable bonds is 5. The molecule has 3 rings (SSSR count). The summed E-state index contributed by atoms with van der Waals surface area (Å²) in [6.45, 7) is 3.06. The number of ether oxygens (including phenoxy) is 2. The summed E-state index contributed by atoms with van der Waals surface area (Å²) in [5, 5.41) is 6.48. The minimum Gasteiger partial charge on any atom is -0.486 e. The Kier molecular flexibility index (Phi) is 5.71. The van der Waals surface area contributed by atoms with E-state index in [1.54, 1.807) is 12.1 Å². The van der Waals surface area contributed by atoms with Crippen molar-refractivity contribution in [1.82, 2.24) is 5.32 Å². The van der Waals surface area contributed by atoms with Crippen LogP contribution in [0.2, 0.25) is 5.02 Å². The van der Waals surface area contributed by atoms with Crippen LogP contribution >= 0.6 is 27.5 Å². The number of halogens is 2. The molecule has 1 aliphatic heterocycles. The molecule has 0 aromatic heterocycles. The van der Waals surface area contributed by atoms with Crippen LogP contribution in [-0.2, 0) is 4.79 Å². The molecule has 7 heteroatoms. The Hall–Kier alpha value is -1.92. The van der Waals surface area contributed by atoms with E-state index in [0.29, 0.717) is 35.4 Å². The third-order valence-electron chi connectivity index (χ3n) is 3.82. The normalized spacial score (nSPS) is 13.9. The van der Waals surface area contributed by atoms with Gasteiger partial charge in [0.1, 0.15) is 13.2 Å². The highest BCUT2D eigenvalue weighted by Gasteiger charge is 2.16. The summed E-state index contributed by atoms with van der Waals surface area (Å²) >= 11 is 9.63. The van der Waals surface area contributed by atoms with E-state index in [1.165, 1.54) is 0 Å². The van der Waals surface area contributed by atoms with Crippen molar-refractivity contribution in [3.05, 3.63) is 51.5 Å². The van der Waals surface area contributed by atoms with Crippen molar-refractivity contribution in [1.29, 1.82) is 0 Å². The van der Waals surface area contributed by atoms with E-state index in [0.717, 1.165) is 10.0 Å². The van der Waals surface area contributed by atoms with E-state index in [1.807, 2.05) is 31.2 Å². The molecule has 2 aromatic carbocycles. The summed E-state index contributed by atoms with van der Waals surface area (Å²) in [5.41, 5.74) is 1.67. The number of fused-ring (bicyclic) bond motifs is 1. The van der Waals surface area contributed by atoms with Gasteiger partial charge in [-0.25, -0.2) is 0 Å². The largest absolute Gasteiger partial charge is 0.486 e. The summed E-state index contributed by atoms with van der Waals surface area (Å²) in [6, 6.07) is 11.2. The molecule has 0 saturated heterocycles. The van der Waals surface area contributed by atoms with Gasteiger partial charge in [-0.15, -0.1) is 0 Å². The van der Waals surface area contributed by atoms with Crippen LogP contribution in [0.1, 0.15) is 18.5 Å². The number of benzene rings is 2. The average molecular weight is 426 g/mol. The molecule has 2 N–H and O–H groups in total. The van der Waals surface area contributed by atoms with Crippen LogP contribution in [0.4, 0.5) is 5.69 Å². The zero-order valence-electron chi connectivity index (χ0n) is 13.6. The first kappa shape index (κ1) is 17.9. The van der Waals surface area contributed by atoms with Crippen LogP contribution in [0.3, 0.4) is 0 Å².